The Morgan fingerprint density at radius 3 is 1.53 bits per heavy atom. The molecule has 0 aliphatic heterocycles. The van der Waals surface area contributed by atoms with Crippen LogP contribution < -0.4 is 5.73 Å². The minimum atomic E-state index is -4.39. The van der Waals surface area contributed by atoms with Crippen molar-refractivity contribution in [1.29, 1.82) is 0 Å². The molecule has 0 radical (unpaired) electrons. The van der Waals surface area contributed by atoms with Gasteiger partial charge in [-0.25, -0.2) is 4.57 Å². The number of nitrogens with two attached hydrogens (primary N) is 1. The van der Waals surface area contributed by atoms with Crippen molar-refractivity contribution in [3.63, 3.8) is 0 Å². The molecular weight excluding hydrogens is 689 g/mol. The Morgan fingerprint density at radius 2 is 0.981 bits per heavy atom. The van der Waals surface area contributed by atoms with Crippen LogP contribution in [0.25, 0.3) is 0 Å². The van der Waals surface area contributed by atoms with E-state index in [1.807, 2.05) is 0 Å². The first-order valence-electron chi connectivity index (χ1n) is 20.8. The normalized spacial score (nSPS) is 14.0. The minimum Gasteiger partial charge on any atom is -0.462 e. The summed E-state index contributed by atoms with van der Waals surface area (Å²) in [5.41, 5.74) is 5.34. The molecule has 0 rings (SSSR count). The van der Waals surface area contributed by atoms with E-state index in [4.69, 9.17) is 24.3 Å². The Labute approximate surface area is 323 Å². The highest BCUT2D eigenvalue weighted by atomic mass is 31.2. The molecular formula is C43H76NO8P. The summed E-state index contributed by atoms with van der Waals surface area (Å²) in [7, 11) is -4.39. The number of hydrogen-bond donors (Lipinski definition) is 2. The van der Waals surface area contributed by atoms with E-state index in [2.05, 4.69) is 74.6 Å². The molecule has 10 heteroatoms. The van der Waals surface area contributed by atoms with Gasteiger partial charge in [-0.2, -0.15) is 0 Å². The molecule has 53 heavy (non-hydrogen) atoms. The van der Waals surface area contributed by atoms with Gasteiger partial charge in [0.2, 0.25) is 0 Å². The first-order valence-corrected chi connectivity index (χ1v) is 22.3. The minimum absolute atomic E-state index is 0.0427. The fourth-order valence-corrected chi connectivity index (χ4v) is 6.02. The molecule has 0 heterocycles. The number of carbonyl (C=O) groups excluding carboxylic acids is 2. The van der Waals surface area contributed by atoms with Crippen molar-refractivity contribution in [2.75, 3.05) is 26.4 Å². The molecule has 0 aromatic rings. The predicted octanol–water partition coefficient (Wildman–Crippen LogP) is 11.7. The molecule has 0 spiro atoms. The maximum absolute atomic E-state index is 12.6. The molecule has 1 unspecified atom stereocenters. The zero-order chi connectivity index (χ0) is 38.9. The Morgan fingerprint density at radius 1 is 0.566 bits per heavy atom. The molecule has 2 atom stereocenters. The molecule has 0 aromatic heterocycles. The molecule has 9 nitrogen and oxygen atoms in total. The van der Waals surface area contributed by atoms with Gasteiger partial charge in [0.15, 0.2) is 6.10 Å². The van der Waals surface area contributed by atoms with Gasteiger partial charge in [-0.1, -0.05) is 132 Å². The molecule has 0 aliphatic carbocycles. The number of ether oxygens (including phenoxy) is 2. The van der Waals surface area contributed by atoms with Crippen molar-refractivity contribution in [3.8, 4) is 0 Å². The predicted molar refractivity (Wildman–Crippen MR) is 219 cm³/mol. The van der Waals surface area contributed by atoms with E-state index in [1.165, 1.54) is 64.2 Å². The van der Waals surface area contributed by atoms with Gasteiger partial charge in [0, 0.05) is 19.4 Å². The number of carbonyl (C=O) groups is 2. The molecule has 306 valence electrons. The van der Waals surface area contributed by atoms with Crippen LogP contribution in [0.1, 0.15) is 168 Å². The number of hydrogen-bond acceptors (Lipinski definition) is 8. The zero-order valence-corrected chi connectivity index (χ0v) is 34.4. The number of phosphoric acid groups is 1. The third kappa shape index (κ3) is 39.2. The second-order valence-corrected chi connectivity index (χ2v) is 14.9. The van der Waals surface area contributed by atoms with Crippen LogP contribution in [0, 0.1) is 0 Å². The summed E-state index contributed by atoms with van der Waals surface area (Å²) < 4.78 is 32.7. The topological polar surface area (TPSA) is 134 Å². The summed E-state index contributed by atoms with van der Waals surface area (Å²) in [4.78, 5) is 34.8. The maximum atomic E-state index is 12.6. The monoisotopic (exact) mass is 766 g/mol. The lowest BCUT2D eigenvalue weighted by Gasteiger charge is -2.19. The van der Waals surface area contributed by atoms with Crippen molar-refractivity contribution in [2.24, 2.45) is 5.73 Å². The summed E-state index contributed by atoms with van der Waals surface area (Å²) in [6, 6.07) is 0. The van der Waals surface area contributed by atoms with Crippen LogP contribution in [0.4, 0.5) is 0 Å². The molecule has 3 N–H and O–H groups in total. The smallest absolute Gasteiger partial charge is 0.462 e. The lowest BCUT2D eigenvalue weighted by molar-refractivity contribution is -0.161. The summed E-state index contributed by atoms with van der Waals surface area (Å²) in [6.45, 7) is 3.62. The number of phosphoric ester groups is 1. The van der Waals surface area contributed by atoms with Crippen LogP contribution in [-0.2, 0) is 32.7 Å². The lowest BCUT2D eigenvalue weighted by atomic mass is 10.1. The second kappa shape index (κ2) is 39.4. The fourth-order valence-electron chi connectivity index (χ4n) is 5.26. The Kier molecular flexibility index (Phi) is 37.7. The number of esters is 2. The van der Waals surface area contributed by atoms with Crippen LogP contribution in [0.2, 0.25) is 0 Å². The largest absolute Gasteiger partial charge is 0.472 e. The zero-order valence-electron chi connectivity index (χ0n) is 33.5. The SMILES string of the molecule is CCCCC/C=C/C/C=C/C/C=C/CCCCCCC(=O)O[C@H](COC(=O)CCCC/C=C/C/C=C/CCCCCCCC)COP(=O)(O)OCCN. The van der Waals surface area contributed by atoms with Crippen LogP contribution >= 0.6 is 7.82 Å². The van der Waals surface area contributed by atoms with E-state index in [1.54, 1.807) is 0 Å². The fraction of sp³-hybridized carbons (Fsp3) is 0.721. The first kappa shape index (κ1) is 50.7. The lowest BCUT2D eigenvalue weighted by Crippen LogP contribution is -2.29. The molecule has 0 aliphatic rings. The highest BCUT2D eigenvalue weighted by Gasteiger charge is 2.25. The number of allylic oxidation sites excluding steroid dienone is 10. The van der Waals surface area contributed by atoms with Crippen LogP contribution in [-0.4, -0.2) is 49.3 Å². The van der Waals surface area contributed by atoms with Gasteiger partial charge in [-0.15, -0.1) is 0 Å². The molecule has 0 saturated heterocycles. The van der Waals surface area contributed by atoms with Crippen molar-refractivity contribution < 1.29 is 37.6 Å². The molecule has 0 fully saturated rings. The highest BCUT2D eigenvalue weighted by Crippen LogP contribution is 2.43. The summed E-state index contributed by atoms with van der Waals surface area (Å²) in [6.07, 6.45) is 45.4. The average Bonchev–Trinajstić information content (AvgIpc) is 3.14. The summed E-state index contributed by atoms with van der Waals surface area (Å²) in [5.74, 6) is -0.897. The third-order valence-electron chi connectivity index (χ3n) is 8.38. The van der Waals surface area contributed by atoms with Crippen LogP contribution in [0.15, 0.2) is 60.8 Å². The van der Waals surface area contributed by atoms with Crippen molar-refractivity contribution in [3.05, 3.63) is 60.8 Å². The van der Waals surface area contributed by atoms with Crippen molar-refractivity contribution in [2.45, 2.75) is 174 Å². The third-order valence-corrected chi connectivity index (χ3v) is 9.36. The van der Waals surface area contributed by atoms with Gasteiger partial charge in [-0.05, 0) is 83.5 Å². The highest BCUT2D eigenvalue weighted by molar-refractivity contribution is 7.47. The van der Waals surface area contributed by atoms with Gasteiger partial charge < -0.3 is 20.1 Å². The Bertz CT molecular complexity index is 1050. The van der Waals surface area contributed by atoms with Gasteiger partial charge >= 0.3 is 19.8 Å². The van der Waals surface area contributed by atoms with E-state index in [0.29, 0.717) is 12.8 Å². The van der Waals surface area contributed by atoms with E-state index < -0.39 is 32.5 Å². The van der Waals surface area contributed by atoms with E-state index >= 15 is 0 Å². The van der Waals surface area contributed by atoms with Gasteiger partial charge in [0.05, 0.1) is 13.2 Å². The Hall–Kier alpha value is -2.29. The maximum Gasteiger partial charge on any atom is 0.472 e. The van der Waals surface area contributed by atoms with Gasteiger partial charge in [0.1, 0.15) is 6.61 Å². The molecule has 0 amide bonds. The van der Waals surface area contributed by atoms with E-state index in [-0.39, 0.29) is 32.6 Å². The van der Waals surface area contributed by atoms with Crippen LogP contribution in [0.3, 0.4) is 0 Å². The summed E-state index contributed by atoms with van der Waals surface area (Å²) >= 11 is 0. The summed E-state index contributed by atoms with van der Waals surface area (Å²) in [5, 5.41) is 0. The van der Waals surface area contributed by atoms with Crippen LogP contribution in [0.5, 0.6) is 0 Å². The van der Waals surface area contributed by atoms with Gasteiger partial charge in [-0.3, -0.25) is 18.6 Å². The second-order valence-electron chi connectivity index (χ2n) is 13.5. The standard InChI is InChI=1S/C43H76NO8P/c1-3-5-7-9-11-13-15-17-19-20-22-24-26-28-30-32-34-36-43(46)52-41(40-51-53(47,48)50-38-37-44)39-49-42(45)35-33-31-29-27-25-23-21-18-16-14-12-10-8-6-4-2/h11,13,17-19,21-22,24-25,27,41H,3-10,12,14-16,20,23,26,28-40,44H2,1-2H3,(H,47,48)/b13-11+,19-17+,21-18+,24-22+,27-25+/t41-/m1/s1. The average molecular weight is 766 g/mol. The first-order chi connectivity index (χ1) is 25.8. The number of rotatable bonds is 38. The van der Waals surface area contributed by atoms with E-state index in [9.17, 15) is 19.0 Å². The molecule has 0 saturated carbocycles. The quantitative estimate of drug-likeness (QED) is 0.0272. The van der Waals surface area contributed by atoms with Crippen molar-refractivity contribution >= 4 is 19.8 Å². The van der Waals surface area contributed by atoms with Crippen molar-refractivity contribution in [1.82, 2.24) is 0 Å². The van der Waals surface area contributed by atoms with Gasteiger partial charge in [0.25, 0.3) is 0 Å². The Balaban J connectivity index is 4.29. The molecule has 0 aromatic carbocycles. The van der Waals surface area contributed by atoms with E-state index in [0.717, 1.165) is 64.2 Å². The number of unbranched alkanes of at least 4 members (excludes halogenated alkanes) is 15. The molecule has 0 bridgehead atoms.